The fourth-order valence-electron chi connectivity index (χ4n) is 5.56. The third kappa shape index (κ3) is 6.17. The molecule has 4 heterocycles. The molecule has 0 unspecified atom stereocenters. The number of carbonyl (C=O) groups excluding carboxylic acids is 1. The quantitative estimate of drug-likeness (QED) is 0.415. The van der Waals surface area contributed by atoms with E-state index in [-0.39, 0.29) is 29.3 Å². The van der Waals surface area contributed by atoms with Crippen LogP contribution in [0, 0.1) is 11.2 Å². The van der Waals surface area contributed by atoms with E-state index in [4.69, 9.17) is 26.1 Å². The third-order valence-electron chi connectivity index (χ3n) is 7.58. The average Bonchev–Trinajstić information content (AvgIpc) is 3.60. The summed E-state index contributed by atoms with van der Waals surface area (Å²) in [4.78, 5) is 38.8. The van der Waals surface area contributed by atoms with E-state index in [0.29, 0.717) is 61.4 Å². The van der Waals surface area contributed by atoms with Gasteiger partial charge in [-0.1, -0.05) is 23.7 Å². The highest BCUT2D eigenvalue weighted by Crippen LogP contribution is 2.38. The second-order valence-corrected chi connectivity index (χ2v) is 12.2. The first-order valence-electron chi connectivity index (χ1n) is 13.5. The van der Waals surface area contributed by atoms with Gasteiger partial charge >= 0.3 is 11.9 Å². The van der Waals surface area contributed by atoms with Crippen molar-refractivity contribution in [3.63, 3.8) is 0 Å². The molecule has 13 heteroatoms. The largest absolute Gasteiger partial charge is 0.481 e. The molecule has 3 atom stereocenters. The number of carbonyl (C=O) groups is 2. The number of carboxylic acids is 1. The van der Waals surface area contributed by atoms with Crippen LogP contribution in [0.25, 0.3) is 0 Å². The molecule has 2 fully saturated rings. The number of esters is 1. The number of benzene rings is 1. The number of hydrogen-bond donors (Lipinski definition) is 2. The number of rotatable bonds is 9. The number of fused-ring (bicyclic) bond motifs is 1. The number of hydrogen-bond acceptors (Lipinski definition) is 10. The summed E-state index contributed by atoms with van der Waals surface area (Å²) in [6.45, 7) is 8.37. The van der Waals surface area contributed by atoms with Crippen molar-refractivity contribution >= 4 is 40.7 Å². The van der Waals surface area contributed by atoms with Crippen LogP contribution in [-0.4, -0.2) is 95.7 Å². The van der Waals surface area contributed by atoms with Gasteiger partial charge in [-0.05, 0) is 26.8 Å². The second-order valence-electron chi connectivity index (χ2n) is 10.9. The number of likely N-dealkylation sites (tertiary alicyclic amines) is 1. The first kappa shape index (κ1) is 29.6. The summed E-state index contributed by atoms with van der Waals surface area (Å²) in [5, 5.41) is 15.3. The Balaban J connectivity index is 1.51. The Kier molecular flexibility index (Phi) is 8.76. The van der Waals surface area contributed by atoms with Crippen molar-refractivity contribution in [2.75, 3.05) is 45.9 Å². The molecule has 2 saturated heterocycles. The van der Waals surface area contributed by atoms with Gasteiger partial charge in [0.2, 0.25) is 0 Å². The summed E-state index contributed by atoms with van der Waals surface area (Å²) in [5.74, 6) is -1.57. The number of halogens is 2. The van der Waals surface area contributed by atoms with Crippen LogP contribution in [0.3, 0.4) is 0 Å². The van der Waals surface area contributed by atoms with Gasteiger partial charge in [-0.15, -0.1) is 11.3 Å². The van der Waals surface area contributed by atoms with Crippen LogP contribution in [0.1, 0.15) is 37.4 Å². The Labute approximate surface area is 246 Å². The maximum absolute atomic E-state index is 14.6. The lowest BCUT2D eigenvalue weighted by atomic mass is 9.93. The van der Waals surface area contributed by atoms with Crippen molar-refractivity contribution in [3.05, 3.63) is 62.5 Å². The molecule has 0 saturated carbocycles. The Bertz CT molecular complexity index is 1370. The Morgan fingerprint density at radius 3 is 2.85 bits per heavy atom. The Morgan fingerprint density at radius 2 is 2.15 bits per heavy atom. The van der Waals surface area contributed by atoms with Crippen LogP contribution in [0.4, 0.5) is 4.39 Å². The van der Waals surface area contributed by atoms with Gasteiger partial charge < -0.3 is 19.9 Å². The molecule has 0 aliphatic carbocycles. The van der Waals surface area contributed by atoms with Gasteiger partial charge in [-0.3, -0.25) is 19.6 Å². The lowest BCUT2D eigenvalue weighted by molar-refractivity contribution is -0.148. The van der Waals surface area contributed by atoms with Crippen molar-refractivity contribution in [1.82, 2.24) is 20.1 Å². The van der Waals surface area contributed by atoms with Crippen molar-refractivity contribution in [2.24, 2.45) is 10.4 Å². The zero-order valence-electron chi connectivity index (χ0n) is 23.1. The van der Waals surface area contributed by atoms with Crippen LogP contribution in [0.15, 0.2) is 46.0 Å². The maximum Gasteiger partial charge on any atom is 0.338 e. The predicted octanol–water partition coefficient (Wildman–Crippen LogP) is 3.34. The number of aliphatic carboxylic acids is 1. The topological polar surface area (TPSA) is 117 Å². The fraction of sp³-hybridized carbons (Fsp3) is 0.500. The van der Waals surface area contributed by atoms with Gasteiger partial charge in [-0.25, -0.2) is 14.2 Å². The normalized spacial score (nSPS) is 23.6. The molecule has 10 nitrogen and oxygen atoms in total. The Hall–Kier alpha value is -2.90. The number of aromatic nitrogens is 1. The minimum atomic E-state index is -0.916. The summed E-state index contributed by atoms with van der Waals surface area (Å²) in [6.07, 6.45) is 1.56. The molecule has 1 aromatic heterocycles. The average molecular weight is 606 g/mol. The zero-order chi connectivity index (χ0) is 29.3. The first-order chi connectivity index (χ1) is 19.6. The number of aliphatic imine (C=N–C) groups is 1. The molecule has 0 bridgehead atoms. The summed E-state index contributed by atoms with van der Waals surface area (Å²) < 4.78 is 26.2. The number of nitrogens with one attached hydrogen (secondary N) is 1. The monoisotopic (exact) mass is 605 g/mol. The molecule has 41 heavy (non-hydrogen) atoms. The molecule has 5 rings (SSSR count). The molecule has 0 spiro atoms. The van der Waals surface area contributed by atoms with Crippen molar-refractivity contribution in [3.8, 4) is 0 Å². The minimum Gasteiger partial charge on any atom is -0.481 e. The highest BCUT2D eigenvalue weighted by atomic mass is 35.5. The number of amidine groups is 1. The zero-order valence-corrected chi connectivity index (χ0v) is 24.7. The van der Waals surface area contributed by atoms with Crippen LogP contribution < -0.4 is 5.32 Å². The molecule has 0 amide bonds. The third-order valence-corrected chi connectivity index (χ3v) is 8.76. The van der Waals surface area contributed by atoms with E-state index >= 15 is 0 Å². The number of nitrogens with zero attached hydrogens (tertiary/aromatic N) is 4. The lowest BCUT2D eigenvalue weighted by Crippen LogP contribution is -2.53. The summed E-state index contributed by atoms with van der Waals surface area (Å²) in [7, 11) is 0. The van der Waals surface area contributed by atoms with E-state index in [1.54, 1.807) is 33.0 Å². The molecule has 3 aliphatic rings. The highest BCUT2D eigenvalue weighted by molar-refractivity contribution is 7.11. The molecular formula is C28H33ClFN5O5S. The summed E-state index contributed by atoms with van der Waals surface area (Å²) in [6, 6.07) is 3.52. The fourth-order valence-corrected chi connectivity index (χ4v) is 6.38. The molecule has 0 radical (unpaired) electrons. The van der Waals surface area contributed by atoms with Gasteiger partial charge in [0.15, 0.2) is 10.8 Å². The minimum absolute atomic E-state index is 0.0236. The maximum atomic E-state index is 14.6. The standard InChI is InChI=1S/C28H33ClFN5O5S/c1-4-39-26(36)21-18(12-35-9-10-40-20-14-34(13-19(20)35)15-28(2,3)27(37)38)32-24(25-31-8-11-41-25)33-23(21)16-6-5-7-17(30)22(16)29/h5-8,11,19-20,23H,4,9-10,12-15H2,1-3H3,(H,32,33)(H,37,38)/t19-,20+,23+/m1/s1. The predicted molar refractivity (Wildman–Crippen MR) is 153 cm³/mol. The van der Waals surface area contributed by atoms with Crippen LogP contribution >= 0.6 is 22.9 Å². The number of morpholine rings is 1. The number of carboxylic acid groups (broad SMARTS) is 1. The van der Waals surface area contributed by atoms with Gasteiger partial charge in [0, 0.05) is 55.6 Å². The van der Waals surface area contributed by atoms with Crippen molar-refractivity contribution < 1.29 is 28.6 Å². The van der Waals surface area contributed by atoms with Crippen LogP contribution in [-0.2, 0) is 19.1 Å². The smallest absolute Gasteiger partial charge is 0.338 e. The summed E-state index contributed by atoms with van der Waals surface area (Å²) in [5.41, 5.74) is 0.272. The van der Waals surface area contributed by atoms with Gasteiger partial charge in [0.25, 0.3) is 0 Å². The van der Waals surface area contributed by atoms with Crippen LogP contribution in [0.2, 0.25) is 5.02 Å². The number of thiazole rings is 1. The van der Waals surface area contributed by atoms with Crippen LogP contribution in [0.5, 0.6) is 0 Å². The highest BCUT2D eigenvalue weighted by Gasteiger charge is 2.44. The first-order valence-corrected chi connectivity index (χ1v) is 14.7. The summed E-state index contributed by atoms with van der Waals surface area (Å²) >= 11 is 7.81. The molecule has 2 aromatic rings. The molecule has 220 valence electrons. The van der Waals surface area contributed by atoms with Crippen molar-refractivity contribution in [1.29, 1.82) is 0 Å². The van der Waals surface area contributed by atoms with E-state index in [0.717, 1.165) is 0 Å². The van der Waals surface area contributed by atoms with E-state index in [1.165, 1.54) is 23.5 Å². The van der Waals surface area contributed by atoms with Gasteiger partial charge in [0.05, 0.1) is 41.4 Å². The number of ether oxygens (including phenoxy) is 2. The SMILES string of the molecule is CCOC(=O)C1=C(CN2CCO[C@H]3CN(CC(C)(C)C(=O)O)C[C@H]32)NC(c2nccs2)=N[C@H]1c1cccc(F)c1Cl. The molecule has 1 aromatic carbocycles. The van der Waals surface area contributed by atoms with E-state index in [9.17, 15) is 19.1 Å². The van der Waals surface area contributed by atoms with Gasteiger partial charge in [-0.2, -0.15) is 0 Å². The van der Waals surface area contributed by atoms with E-state index in [2.05, 4.69) is 20.1 Å². The van der Waals surface area contributed by atoms with E-state index in [1.807, 2.05) is 5.38 Å². The van der Waals surface area contributed by atoms with E-state index < -0.39 is 29.2 Å². The Morgan fingerprint density at radius 1 is 1.34 bits per heavy atom. The van der Waals surface area contributed by atoms with Crippen molar-refractivity contribution in [2.45, 2.75) is 39.0 Å². The molecule has 3 aliphatic heterocycles. The molecular weight excluding hydrogens is 573 g/mol. The molecule has 2 N–H and O–H groups in total. The van der Waals surface area contributed by atoms with Gasteiger partial charge in [0.1, 0.15) is 11.9 Å². The second kappa shape index (κ2) is 12.1. The lowest BCUT2D eigenvalue weighted by Gasteiger charge is -2.38.